The zero-order chi connectivity index (χ0) is 16.4. The normalized spacial score (nSPS) is 10.9. The average molecular weight is 311 g/mol. The third-order valence-electron chi connectivity index (χ3n) is 3.75. The molecule has 23 heavy (non-hydrogen) atoms. The van der Waals surface area contributed by atoms with Crippen molar-refractivity contribution in [3.05, 3.63) is 64.3 Å². The number of pyridine rings is 1. The van der Waals surface area contributed by atoms with E-state index in [-0.39, 0.29) is 5.56 Å². The fourth-order valence-corrected chi connectivity index (χ4v) is 2.49. The van der Waals surface area contributed by atoms with Crippen molar-refractivity contribution >= 4 is 16.7 Å². The second-order valence-electron chi connectivity index (χ2n) is 5.21. The summed E-state index contributed by atoms with van der Waals surface area (Å²) in [5.74, 6) is -0.455. The summed E-state index contributed by atoms with van der Waals surface area (Å²) >= 11 is 0. The maximum atomic E-state index is 12.6. The first-order valence-corrected chi connectivity index (χ1v) is 7.36. The van der Waals surface area contributed by atoms with Crippen LogP contribution < -0.4 is 5.56 Å². The predicted octanol–water partition coefficient (Wildman–Crippen LogP) is 2.05. The smallest absolute Gasteiger partial charge is 0.337 e. The highest BCUT2D eigenvalue weighted by Crippen LogP contribution is 2.13. The number of ether oxygens (including phenoxy) is 1. The highest BCUT2D eigenvalue weighted by Gasteiger charge is 2.10. The lowest BCUT2D eigenvalue weighted by Gasteiger charge is -2.07. The second-order valence-corrected chi connectivity index (χ2v) is 5.21. The molecule has 0 unspecified atom stereocenters. The molecule has 2 aromatic heterocycles. The number of methoxy groups -OCH3 is 1. The molecule has 0 aliphatic carbocycles. The number of hydrogen-bond acceptors (Lipinski definition) is 4. The Hall–Kier alpha value is -2.89. The molecule has 0 saturated heterocycles. The van der Waals surface area contributed by atoms with Gasteiger partial charge in [-0.2, -0.15) is 5.10 Å². The SMILES string of the molecule is CCn1ccc(Cn2ccc3ccc(C(=O)OC)cc3c2=O)n1. The molecule has 0 N–H and O–H groups in total. The highest BCUT2D eigenvalue weighted by molar-refractivity contribution is 5.95. The van der Waals surface area contributed by atoms with Gasteiger partial charge in [-0.25, -0.2) is 4.79 Å². The molecular formula is C17H17N3O3. The molecule has 6 heteroatoms. The van der Waals surface area contributed by atoms with Crippen LogP contribution in [0.5, 0.6) is 0 Å². The number of carbonyl (C=O) groups excluding carboxylic acids is 1. The van der Waals surface area contributed by atoms with E-state index in [1.54, 1.807) is 29.0 Å². The number of carbonyl (C=O) groups is 1. The quantitative estimate of drug-likeness (QED) is 0.692. The average Bonchev–Trinajstić information content (AvgIpc) is 3.04. The van der Waals surface area contributed by atoms with Crippen LogP contribution in [0.25, 0.3) is 10.8 Å². The van der Waals surface area contributed by atoms with E-state index in [2.05, 4.69) is 5.10 Å². The standard InChI is InChI=1S/C17H17N3O3/c1-3-20-9-7-14(18-20)11-19-8-6-12-4-5-13(17(22)23-2)10-15(12)16(19)21/h4-10H,3,11H2,1-2H3. The van der Waals surface area contributed by atoms with Crippen LogP contribution >= 0.6 is 0 Å². The zero-order valence-corrected chi connectivity index (χ0v) is 13.0. The fraction of sp³-hybridized carbons (Fsp3) is 0.235. The van der Waals surface area contributed by atoms with Gasteiger partial charge in [0, 0.05) is 24.3 Å². The van der Waals surface area contributed by atoms with Crippen molar-refractivity contribution in [2.45, 2.75) is 20.0 Å². The molecule has 0 bridgehead atoms. The van der Waals surface area contributed by atoms with Crippen LogP contribution in [0.1, 0.15) is 23.0 Å². The highest BCUT2D eigenvalue weighted by atomic mass is 16.5. The largest absolute Gasteiger partial charge is 0.465 e. The third kappa shape index (κ3) is 2.88. The molecule has 0 radical (unpaired) electrons. The maximum absolute atomic E-state index is 12.6. The van der Waals surface area contributed by atoms with Crippen molar-refractivity contribution in [1.29, 1.82) is 0 Å². The Morgan fingerprint density at radius 1 is 1.22 bits per heavy atom. The number of nitrogens with zero attached hydrogens (tertiary/aromatic N) is 3. The molecule has 3 rings (SSSR count). The topological polar surface area (TPSA) is 66.1 Å². The lowest BCUT2D eigenvalue weighted by atomic mass is 10.1. The number of esters is 1. The monoisotopic (exact) mass is 311 g/mol. The first kappa shape index (κ1) is 15.0. The molecule has 0 saturated carbocycles. The van der Waals surface area contributed by atoms with Crippen molar-refractivity contribution in [1.82, 2.24) is 14.3 Å². The maximum Gasteiger partial charge on any atom is 0.337 e. The molecule has 0 aliphatic rings. The molecule has 0 spiro atoms. The van der Waals surface area contributed by atoms with E-state index in [0.717, 1.165) is 17.6 Å². The summed E-state index contributed by atoms with van der Waals surface area (Å²) in [6, 6.07) is 8.73. The van der Waals surface area contributed by atoms with Crippen LogP contribution in [0.2, 0.25) is 0 Å². The lowest BCUT2D eigenvalue weighted by molar-refractivity contribution is 0.0601. The number of hydrogen-bond donors (Lipinski definition) is 0. The minimum absolute atomic E-state index is 0.153. The fourth-order valence-electron chi connectivity index (χ4n) is 2.49. The van der Waals surface area contributed by atoms with Gasteiger partial charge >= 0.3 is 5.97 Å². The van der Waals surface area contributed by atoms with Crippen LogP contribution in [0.15, 0.2) is 47.5 Å². The Balaban J connectivity index is 2.02. The summed E-state index contributed by atoms with van der Waals surface area (Å²) in [5.41, 5.74) is 1.03. The van der Waals surface area contributed by atoms with Crippen LogP contribution in [0.3, 0.4) is 0 Å². The van der Waals surface area contributed by atoms with Gasteiger partial charge < -0.3 is 9.30 Å². The number of fused-ring (bicyclic) bond motifs is 1. The Bertz CT molecular complexity index is 924. The van der Waals surface area contributed by atoms with Gasteiger partial charge in [-0.05, 0) is 36.6 Å². The van der Waals surface area contributed by atoms with Gasteiger partial charge in [-0.1, -0.05) is 6.07 Å². The number of benzene rings is 1. The molecule has 0 fully saturated rings. The van der Waals surface area contributed by atoms with Crippen molar-refractivity contribution in [3.8, 4) is 0 Å². The molecule has 2 heterocycles. The minimum Gasteiger partial charge on any atom is -0.465 e. The van der Waals surface area contributed by atoms with E-state index in [4.69, 9.17) is 4.74 Å². The molecule has 118 valence electrons. The Morgan fingerprint density at radius 3 is 2.74 bits per heavy atom. The molecular weight excluding hydrogens is 294 g/mol. The molecule has 0 atom stereocenters. The Morgan fingerprint density at radius 2 is 2.04 bits per heavy atom. The van der Waals surface area contributed by atoms with E-state index in [1.807, 2.05) is 29.9 Å². The zero-order valence-electron chi connectivity index (χ0n) is 13.0. The summed E-state index contributed by atoms with van der Waals surface area (Å²) in [4.78, 5) is 24.3. The molecule has 3 aromatic rings. The summed E-state index contributed by atoms with van der Waals surface area (Å²) < 4.78 is 8.11. The van der Waals surface area contributed by atoms with E-state index in [0.29, 0.717) is 17.5 Å². The summed E-state index contributed by atoms with van der Waals surface area (Å²) in [6.45, 7) is 3.19. The van der Waals surface area contributed by atoms with E-state index in [9.17, 15) is 9.59 Å². The van der Waals surface area contributed by atoms with Gasteiger partial charge in [-0.3, -0.25) is 9.48 Å². The Kier molecular flexibility index (Phi) is 3.97. The number of aryl methyl sites for hydroxylation is 1. The van der Waals surface area contributed by atoms with Crippen molar-refractivity contribution in [2.75, 3.05) is 7.11 Å². The van der Waals surface area contributed by atoms with E-state index in [1.165, 1.54) is 7.11 Å². The van der Waals surface area contributed by atoms with Crippen molar-refractivity contribution < 1.29 is 9.53 Å². The van der Waals surface area contributed by atoms with Gasteiger partial charge in [0.1, 0.15) is 0 Å². The third-order valence-corrected chi connectivity index (χ3v) is 3.75. The minimum atomic E-state index is -0.455. The van der Waals surface area contributed by atoms with Crippen LogP contribution in [-0.4, -0.2) is 27.4 Å². The van der Waals surface area contributed by atoms with Gasteiger partial charge in [0.05, 0.1) is 24.9 Å². The predicted molar refractivity (Wildman–Crippen MR) is 86.6 cm³/mol. The van der Waals surface area contributed by atoms with E-state index >= 15 is 0 Å². The van der Waals surface area contributed by atoms with Crippen LogP contribution in [-0.2, 0) is 17.8 Å². The number of rotatable bonds is 4. The van der Waals surface area contributed by atoms with Crippen molar-refractivity contribution in [3.63, 3.8) is 0 Å². The lowest BCUT2D eigenvalue weighted by Crippen LogP contribution is -2.20. The number of aromatic nitrogens is 3. The van der Waals surface area contributed by atoms with Crippen LogP contribution in [0, 0.1) is 0 Å². The van der Waals surface area contributed by atoms with Gasteiger partial charge in [0.25, 0.3) is 5.56 Å². The summed E-state index contributed by atoms with van der Waals surface area (Å²) in [6.07, 6.45) is 3.63. The molecule has 0 aliphatic heterocycles. The first-order valence-electron chi connectivity index (χ1n) is 7.36. The van der Waals surface area contributed by atoms with Crippen LogP contribution in [0.4, 0.5) is 0 Å². The second kappa shape index (κ2) is 6.08. The van der Waals surface area contributed by atoms with Crippen molar-refractivity contribution in [2.24, 2.45) is 0 Å². The molecule has 1 aromatic carbocycles. The van der Waals surface area contributed by atoms with Gasteiger partial charge in [0.15, 0.2) is 0 Å². The molecule has 0 amide bonds. The molecule has 6 nitrogen and oxygen atoms in total. The van der Waals surface area contributed by atoms with E-state index < -0.39 is 5.97 Å². The Labute approximate surface area is 132 Å². The van der Waals surface area contributed by atoms with Gasteiger partial charge in [-0.15, -0.1) is 0 Å². The summed E-state index contributed by atoms with van der Waals surface area (Å²) in [7, 11) is 1.32. The first-order chi connectivity index (χ1) is 11.1. The van der Waals surface area contributed by atoms with Gasteiger partial charge in [0.2, 0.25) is 0 Å². The summed E-state index contributed by atoms with van der Waals surface area (Å²) in [5, 5.41) is 5.67.